The Bertz CT molecular complexity index is 1080. The van der Waals surface area contributed by atoms with Gasteiger partial charge in [0.05, 0.1) is 15.9 Å². The van der Waals surface area contributed by atoms with E-state index >= 15 is 0 Å². The smallest absolute Gasteiger partial charge is 0.189 e. The summed E-state index contributed by atoms with van der Waals surface area (Å²) in [5.41, 5.74) is 9.81. The van der Waals surface area contributed by atoms with Crippen molar-refractivity contribution in [2.24, 2.45) is 0 Å². The molecule has 1 aromatic carbocycles. The minimum Gasteiger partial charge on any atom is -0.393 e. The maximum atomic E-state index is 6.25. The zero-order chi connectivity index (χ0) is 18.3. The number of hydrogen-bond acceptors (Lipinski definition) is 9. The quantitative estimate of drug-likeness (QED) is 0.475. The van der Waals surface area contributed by atoms with Crippen molar-refractivity contribution in [3.8, 4) is 0 Å². The van der Waals surface area contributed by atoms with Gasteiger partial charge in [0.15, 0.2) is 21.9 Å². The number of hydrogen-bond donors (Lipinski definition) is 3. The summed E-state index contributed by atoms with van der Waals surface area (Å²) in [7, 11) is 0. The number of aryl methyl sites for hydroxylation is 3. The SMILES string of the molecule is Cc1ccc2nc(Nc3ncnc(Nc4nc(C)c(C)s4)c3N)sc2c1. The number of nitrogens with two attached hydrogens (primary N) is 1. The third-order valence-corrected chi connectivity index (χ3v) is 5.83. The van der Waals surface area contributed by atoms with E-state index in [0.29, 0.717) is 17.3 Å². The van der Waals surface area contributed by atoms with Crippen molar-refractivity contribution in [2.75, 3.05) is 16.4 Å². The number of fused-ring (bicyclic) bond motifs is 1. The molecule has 26 heavy (non-hydrogen) atoms. The Morgan fingerprint density at radius 1 is 0.923 bits per heavy atom. The highest BCUT2D eigenvalue weighted by Crippen LogP contribution is 2.33. The highest BCUT2D eigenvalue weighted by Gasteiger charge is 2.13. The first-order valence-corrected chi connectivity index (χ1v) is 9.58. The molecule has 0 fully saturated rings. The third kappa shape index (κ3) is 3.18. The van der Waals surface area contributed by atoms with Crippen LogP contribution in [0.2, 0.25) is 0 Å². The second-order valence-electron chi connectivity index (χ2n) is 5.89. The highest BCUT2D eigenvalue weighted by atomic mass is 32.1. The molecular weight excluding hydrogens is 366 g/mol. The van der Waals surface area contributed by atoms with E-state index in [-0.39, 0.29) is 0 Å². The molecule has 4 rings (SSSR count). The average Bonchev–Trinajstić information content (AvgIpc) is 3.13. The van der Waals surface area contributed by atoms with E-state index in [1.165, 1.54) is 11.9 Å². The molecule has 0 aliphatic carbocycles. The lowest BCUT2D eigenvalue weighted by atomic mass is 10.2. The average molecular weight is 384 g/mol. The summed E-state index contributed by atoms with van der Waals surface area (Å²) in [6, 6.07) is 6.17. The summed E-state index contributed by atoms with van der Waals surface area (Å²) in [6.45, 7) is 6.07. The van der Waals surface area contributed by atoms with E-state index < -0.39 is 0 Å². The van der Waals surface area contributed by atoms with Gasteiger partial charge in [-0.2, -0.15) is 0 Å². The molecule has 132 valence electrons. The molecule has 3 heterocycles. The fourth-order valence-corrected chi connectivity index (χ4v) is 4.19. The molecule has 0 amide bonds. The molecule has 0 saturated heterocycles. The molecule has 0 bridgehead atoms. The molecule has 4 N–H and O–H groups in total. The van der Waals surface area contributed by atoms with Gasteiger partial charge in [-0.1, -0.05) is 17.4 Å². The van der Waals surface area contributed by atoms with Crippen molar-refractivity contribution >= 4 is 60.5 Å². The van der Waals surface area contributed by atoms with E-state index in [9.17, 15) is 0 Å². The Hall–Kier alpha value is -2.78. The monoisotopic (exact) mass is 383 g/mol. The van der Waals surface area contributed by atoms with Crippen molar-refractivity contribution in [3.05, 3.63) is 40.7 Å². The standard InChI is InChI=1S/C17H17N7S2/c1-8-4-5-11-12(6-8)26-17(22-11)24-15-13(18)14(19-7-20-15)23-16-21-9(2)10(3)25-16/h4-7H,18H2,1-3H3,(H2,19,20,21,22,23,24). The van der Waals surface area contributed by atoms with Crippen molar-refractivity contribution in [1.29, 1.82) is 0 Å². The molecule has 7 nitrogen and oxygen atoms in total. The Labute approximate surface area is 158 Å². The number of aromatic nitrogens is 4. The summed E-state index contributed by atoms with van der Waals surface area (Å²) in [5.74, 6) is 1.04. The van der Waals surface area contributed by atoms with Crippen molar-refractivity contribution < 1.29 is 0 Å². The minimum atomic E-state index is 0.424. The molecule has 9 heteroatoms. The van der Waals surface area contributed by atoms with E-state index in [4.69, 9.17) is 5.73 Å². The van der Waals surface area contributed by atoms with Crippen LogP contribution in [-0.4, -0.2) is 19.9 Å². The Morgan fingerprint density at radius 2 is 1.62 bits per heavy atom. The predicted molar refractivity (Wildman–Crippen MR) is 109 cm³/mol. The zero-order valence-electron chi connectivity index (χ0n) is 14.5. The van der Waals surface area contributed by atoms with E-state index in [2.05, 4.69) is 43.6 Å². The lowest BCUT2D eigenvalue weighted by Crippen LogP contribution is -2.05. The normalized spacial score (nSPS) is 11.0. The first-order valence-electron chi connectivity index (χ1n) is 7.95. The summed E-state index contributed by atoms with van der Waals surface area (Å²) >= 11 is 3.12. The lowest BCUT2D eigenvalue weighted by molar-refractivity contribution is 1.16. The van der Waals surface area contributed by atoms with Crippen LogP contribution >= 0.6 is 22.7 Å². The predicted octanol–water partition coefficient (Wildman–Crippen LogP) is 4.54. The van der Waals surface area contributed by atoms with Crippen LogP contribution in [0.4, 0.5) is 27.6 Å². The Kier molecular flexibility index (Phi) is 4.17. The van der Waals surface area contributed by atoms with Gasteiger partial charge >= 0.3 is 0 Å². The molecule has 0 aliphatic rings. The van der Waals surface area contributed by atoms with Gasteiger partial charge in [-0.3, -0.25) is 0 Å². The molecule has 3 aromatic heterocycles. The second kappa shape index (κ2) is 6.50. The maximum Gasteiger partial charge on any atom is 0.189 e. The van der Waals surface area contributed by atoms with Gasteiger partial charge in [-0.15, -0.1) is 11.3 Å². The van der Waals surface area contributed by atoms with Gasteiger partial charge < -0.3 is 16.4 Å². The van der Waals surface area contributed by atoms with Crippen molar-refractivity contribution in [2.45, 2.75) is 20.8 Å². The van der Waals surface area contributed by atoms with Crippen LogP contribution in [0.15, 0.2) is 24.5 Å². The number of nitrogens with zero attached hydrogens (tertiary/aromatic N) is 4. The van der Waals surface area contributed by atoms with Gasteiger partial charge in [-0.25, -0.2) is 19.9 Å². The van der Waals surface area contributed by atoms with Crippen LogP contribution in [-0.2, 0) is 0 Å². The minimum absolute atomic E-state index is 0.424. The number of nitrogen functional groups attached to an aromatic ring is 1. The molecular formula is C17H17N7S2. The Balaban J connectivity index is 1.62. The van der Waals surface area contributed by atoms with Crippen LogP contribution in [0.1, 0.15) is 16.1 Å². The Morgan fingerprint density at radius 3 is 2.27 bits per heavy atom. The van der Waals surface area contributed by atoms with Crippen LogP contribution in [0.5, 0.6) is 0 Å². The van der Waals surface area contributed by atoms with Gasteiger partial charge in [-0.05, 0) is 38.5 Å². The van der Waals surface area contributed by atoms with Gasteiger partial charge in [0.25, 0.3) is 0 Å². The van der Waals surface area contributed by atoms with E-state index in [1.54, 1.807) is 22.7 Å². The number of anilines is 5. The number of thiazole rings is 2. The summed E-state index contributed by atoms with van der Waals surface area (Å²) in [6.07, 6.45) is 1.46. The molecule has 0 aliphatic heterocycles. The fourth-order valence-electron chi connectivity index (χ4n) is 2.41. The van der Waals surface area contributed by atoms with Crippen LogP contribution in [0.3, 0.4) is 0 Å². The number of rotatable bonds is 4. The molecule has 4 aromatic rings. The van der Waals surface area contributed by atoms with E-state index in [0.717, 1.165) is 31.1 Å². The first-order chi connectivity index (χ1) is 12.5. The summed E-state index contributed by atoms with van der Waals surface area (Å²) in [4.78, 5) is 18.7. The largest absolute Gasteiger partial charge is 0.393 e. The first kappa shape index (κ1) is 16.7. The van der Waals surface area contributed by atoms with Crippen molar-refractivity contribution in [1.82, 2.24) is 19.9 Å². The highest BCUT2D eigenvalue weighted by molar-refractivity contribution is 7.22. The van der Waals surface area contributed by atoms with Crippen LogP contribution in [0, 0.1) is 20.8 Å². The molecule has 0 saturated carbocycles. The second-order valence-corrected chi connectivity index (χ2v) is 8.12. The van der Waals surface area contributed by atoms with Gasteiger partial charge in [0, 0.05) is 4.88 Å². The number of nitrogens with one attached hydrogen (secondary N) is 2. The molecule has 0 radical (unpaired) electrons. The molecule has 0 unspecified atom stereocenters. The number of benzene rings is 1. The topological polar surface area (TPSA) is 102 Å². The zero-order valence-corrected chi connectivity index (χ0v) is 16.1. The van der Waals surface area contributed by atoms with Crippen molar-refractivity contribution in [3.63, 3.8) is 0 Å². The lowest BCUT2D eigenvalue weighted by Gasteiger charge is -2.09. The fraction of sp³-hybridized carbons (Fsp3) is 0.176. The van der Waals surface area contributed by atoms with Gasteiger partial charge in [0.1, 0.15) is 12.0 Å². The van der Waals surface area contributed by atoms with E-state index in [1.807, 2.05) is 26.0 Å². The van der Waals surface area contributed by atoms with Crippen LogP contribution < -0.4 is 16.4 Å². The maximum absolute atomic E-state index is 6.25. The summed E-state index contributed by atoms with van der Waals surface area (Å²) in [5, 5.41) is 7.86. The van der Waals surface area contributed by atoms with Gasteiger partial charge in [0.2, 0.25) is 0 Å². The summed E-state index contributed by atoms with van der Waals surface area (Å²) < 4.78 is 1.12. The third-order valence-electron chi connectivity index (χ3n) is 3.91. The molecule has 0 spiro atoms. The van der Waals surface area contributed by atoms with Crippen LogP contribution in [0.25, 0.3) is 10.2 Å². The molecule has 0 atom stereocenters.